The summed E-state index contributed by atoms with van der Waals surface area (Å²) in [6, 6.07) is 10.9. The predicted molar refractivity (Wildman–Crippen MR) is 96.6 cm³/mol. The van der Waals surface area contributed by atoms with Gasteiger partial charge in [0.25, 0.3) is 0 Å². The summed E-state index contributed by atoms with van der Waals surface area (Å²) in [5.41, 5.74) is 4.27. The van der Waals surface area contributed by atoms with Gasteiger partial charge in [-0.3, -0.25) is 4.79 Å². The number of fused-ring (bicyclic) bond motifs is 2. The highest BCUT2D eigenvalue weighted by Crippen LogP contribution is 2.38. The number of carbonyl (C=O) groups is 1. The number of anilines is 2. The van der Waals surface area contributed by atoms with Crippen molar-refractivity contribution >= 4 is 27.9 Å². The topological polar surface area (TPSA) is 56.1 Å². The summed E-state index contributed by atoms with van der Waals surface area (Å²) in [6.45, 7) is 2.47. The van der Waals surface area contributed by atoms with Gasteiger partial charge < -0.3 is 10.2 Å². The SMILES string of the molecule is C[C@H]1Cc2ccccc2N1CC(=O)Nc1sc2c(c1C#N)CCC2. The lowest BCUT2D eigenvalue weighted by Gasteiger charge is -2.24. The van der Waals surface area contributed by atoms with Gasteiger partial charge in [-0.1, -0.05) is 18.2 Å². The summed E-state index contributed by atoms with van der Waals surface area (Å²) in [4.78, 5) is 16.0. The number of hydrogen-bond donors (Lipinski definition) is 1. The number of hydrogen-bond acceptors (Lipinski definition) is 4. The minimum absolute atomic E-state index is 0.0463. The zero-order chi connectivity index (χ0) is 16.7. The van der Waals surface area contributed by atoms with Crippen LogP contribution >= 0.6 is 11.3 Å². The van der Waals surface area contributed by atoms with Crippen molar-refractivity contribution < 1.29 is 4.79 Å². The Balaban J connectivity index is 1.51. The molecule has 4 nitrogen and oxygen atoms in total. The average molecular weight is 337 g/mol. The summed E-state index contributed by atoms with van der Waals surface area (Å²) in [5, 5.41) is 13.1. The molecule has 1 aliphatic heterocycles. The van der Waals surface area contributed by atoms with E-state index in [1.54, 1.807) is 11.3 Å². The molecule has 24 heavy (non-hydrogen) atoms. The highest BCUT2D eigenvalue weighted by molar-refractivity contribution is 7.16. The van der Waals surface area contributed by atoms with E-state index in [1.807, 2.05) is 12.1 Å². The van der Waals surface area contributed by atoms with Crippen molar-refractivity contribution in [3.8, 4) is 6.07 Å². The van der Waals surface area contributed by atoms with E-state index in [9.17, 15) is 10.1 Å². The molecule has 0 spiro atoms. The zero-order valence-corrected chi connectivity index (χ0v) is 14.4. The van der Waals surface area contributed by atoms with E-state index in [0.717, 1.165) is 41.9 Å². The maximum absolute atomic E-state index is 12.6. The number of nitrogens with zero attached hydrogens (tertiary/aromatic N) is 2. The number of benzene rings is 1. The Hall–Kier alpha value is -2.32. The van der Waals surface area contributed by atoms with Crippen LogP contribution in [-0.2, 0) is 24.1 Å². The zero-order valence-electron chi connectivity index (χ0n) is 13.6. The van der Waals surface area contributed by atoms with Gasteiger partial charge in [0.2, 0.25) is 5.91 Å². The third-order valence-corrected chi connectivity index (χ3v) is 6.16. The van der Waals surface area contributed by atoms with E-state index in [4.69, 9.17) is 0 Å². The van der Waals surface area contributed by atoms with Gasteiger partial charge in [0.05, 0.1) is 12.1 Å². The van der Waals surface area contributed by atoms with Gasteiger partial charge in [0.15, 0.2) is 0 Å². The highest BCUT2D eigenvalue weighted by atomic mass is 32.1. The van der Waals surface area contributed by atoms with Crippen molar-refractivity contribution in [2.75, 3.05) is 16.8 Å². The summed E-state index contributed by atoms with van der Waals surface area (Å²) in [6.07, 6.45) is 4.08. The molecule has 1 aliphatic carbocycles. The van der Waals surface area contributed by atoms with Gasteiger partial charge in [0.1, 0.15) is 11.1 Å². The van der Waals surface area contributed by atoms with E-state index < -0.39 is 0 Å². The Morgan fingerprint density at radius 1 is 1.42 bits per heavy atom. The van der Waals surface area contributed by atoms with Crippen molar-refractivity contribution in [1.82, 2.24) is 0 Å². The fraction of sp³-hybridized carbons (Fsp3) is 0.368. The molecule has 0 unspecified atom stereocenters. The molecule has 1 amide bonds. The number of nitriles is 1. The summed E-state index contributed by atoms with van der Waals surface area (Å²) < 4.78 is 0. The van der Waals surface area contributed by atoms with E-state index in [2.05, 4.69) is 35.3 Å². The van der Waals surface area contributed by atoms with Crippen molar-refractivity contribution in [1.29, 1.82) is 5.26 Å². The van der Waals surface area contributed by atoms with Crippen molar-refractivity contribution in [3.05, 3.63) is 45.8 Å². The molecule has 0 saturated heterocycles. The fourth-order valence-electron chi connectivity index (χ4n) is 3.80. The molecule has 0 bridgehead atoms. The summed E-state index contributed by atoms with van der Waals surface area (Å²) in [5.74, 6) is -0.0463. The molecule has 0 saturated carbocycles. The number of aryl methyl sites for hydroxylation is 1. The van der Waals surface area contributed by atoms with Crippen LogP contribution in [0.25, 0.3) is 0 Å². The summed E-state index contributed by atoms with van der Waals surface area (Å²) >= 11 is 1.57. The number of carbonyl (C=O) groups excluding carboxylic acids is 1. The number of nitrogens with one attached hydrogen (secondary N) is 1. The van der Waals surface area contributed by atoms with Crippen LogP contribution in [0.3, 0.4) is 0 Å². The van der Waals surface area contributed by atoms with E-state index in [-0.39, 0.29) is 5.91 Å². The molecule has 1 N–H and O–H groups in total. The Bertz CT molecular complexity index is 849. The smallest absolute Gasteiger partial charge is 0.244 e. The quantitative estimate of drug-likeness (QED) is 0.932. The first-order valence-electron chi connectivity index (χ1n) is 8.36. The largest absolute Gasteiger partial charge is 0.359 e. The second-order valence-corrected chi connectivity index (χ2v) is 7.64. The second-order valence-electron chi connectivity index (χ2n) is 6.53. The Kier molecular flexibility index (Phi) is 3.78. The Labute approximate surface area is 145 Å². The lowest BCUT2D eigenvalue weighted by Crippen LogP contribution is -2.37. The third-order valence-electron chi connectivity index (χ3n) is 4.95. The molecule has 2 aliphatic rings. The predicted octanol–water partition coefficient (Wildman–Crippen LogP) is 3.50. The molecule has 5 heteroatoms. The number of amides is 1. The molecule has 122 valence electrons. The van der Waals surface area contributed by atoms with Gasteiger partial charge in [-0.05, 0) is 49.8 Å². The molecule has 4 rings (SSSR count). The van der Waals surface area contributed by atoms with Gasteiger partial charge in [-0.25, -0.2) is 0 Å². The molecule has 1 atom stereocenters. The van der Waals surface area contributed by atoms with Crippen LogP contribution in [0.5, 0.6) is 0 Å². The van der Waals surface area contributed by atoms with Crippen LogP contribution < -0.4 is 10.2 Å². The molecule has 1 aromatic heterocycles. The number of thiophene rings is 1. The standard InChI is InChI=1S/C19H19N3OS/c1-12-9-13-5-2-3-7-16(13)22(12)11-18(23)21-19-15(10-20)14-6-4-8-17(14)24-19/h2-3,5,7,12H,4,6,8-9,11H2,1H3,(H,21,23)/t12-/m0/s1. The van der Waals surface area contributed by atoms with Crippen molar-refractivity contribution in [2.24, 2.45) is 0 Å². The molecule has 0 fully saturated rings. The Morgan fingerprint density at radius 2 is 2.25 bits per heavy atom. The third kappa shape index (κ3) is 2.47. The van der Waals surface area contributed by atoms with Gasteiger partial charge in [0, 0.05) is 16.6 Å². The minimum atomic E-state index is -0.0463. The van der Waals surface area contributed by atoms with Crippen molar-refractivity contribution in [3.63, 3.8) is 0 Å². The van der Waals surface area contributed by atoms with E-state index in [0.29, 0.717) is 18.2 Å². The number of para-hydroxylation sites is 1. The molecule has 0 radical (unpaired) electrons. The maximum atomic E-state index is 12.6. The lowest BCUT2D eigenvalue weighted by molar-refractivity contribution is -0.115. The van der Waals surface area contributed by atoms with Gasteiger partial charge >= 0.3 is 0 Å². The maximum Gasteiger partial charge on any atom is 0.244 e. The van der Waals surface area contributed by atoms with Gasteiger partial charge in [-0.15, -0.1) is 11.3 Å². The highest BCUT2D eigenvalue weighted by Gasteiger charge is 2.28. The molecular formula is C19H19N3OS. The first-order chi connectivity index (χ1) is 11.7. The van der Waals surface area contributed by atoms with E-state index >= 15 is 0 Å². The first-order valence-corrected chi connectivity index (χ1v) is 9.18. The molecular weight excluding hydrogens is 318 g/mol. The first kappa shape index (κ1) is 15.2. The monoisotopic (exact) mass is 337 g/mol. The van der Waals surface area contributed by atoms with Crippen LogP contribution in [-0.4, -0.2) is 18.5 Å². The average Bonchev–Trinajstić information content (AvgIpc) is 3.21. The molecule has 2 heterocycles. The second kappa shape index (κ2) is 5.95. The van der Waals surface area contributed by atoms with Crippen LogP contribution in [0, 0.1) is 11.3 Å². The van der Waals surface area contributed by atoms with Crippen molar-refractivity contribution in [2.45, 2.75) is 38.6 Å². The molecule has 1 aromatic carbocycles. The molecule has 2 aromatic rings. The lowest BCUT2D eigenvalue weighted by atomic mass is 10.1. The Morgan fingerprint density at radius 3 is 3.08 bits per heavy atom. The van der Waals surface area contributed by atoms with Crippen LogP contribution in [0.15, 0.2) is 24.3 Å². The number of rotatable bonds is 3. The fourth-order valence-corrected chi connectivity index (χ4v) is 5.06. The van der Waals surface area contributed by atoms with Crippen LogP contribution in [0.2, 0.25) is 0 Å². The van der Waals surface area contributed by atoms with Crippen LogP contribution in [0.4, 0.5) is 10.7 Å². The van der Waals surface area contributed by atoms with E-state index in [1.165, 1.54) is 10.4 Å². The summed E-state index contributed by atoms with van der Waals surface area (Å²) in [7, 11) is 0. The normalized spacial score (nSPS) is 18.2. The van der Waals surface area contributed by atoms with Gasteiger partial charge in [-0.2, -0.15) is 5.26 Å². The minimum Gasteiger partial charge on any atom is -0.359 e. The van der Waals surface area contributed by atoms with Crippen LogP contribution in [0.1, 0.15) is 34.9 Å².